The van der Waals surface area contributed by atoms with Crippen LogP contribution < -0.4 is 10.2 Å². The summed E-state index contributed by atoms with van der Waals surface area (Å²) in [7, 11) is 3.99. The van der Waals surface area contributed by atoms with Gasteiger partial charge >= 0.3 is 0 Å². The van der Waals surface area contributed by atoms with Crippen molar-refractivity contribution in [3.63, 3.8) is 0 Å². The Kier molecular flexibility index (Phi) is 5.80. The molecule has 1 aliphatic heterocycles. The number of likely N-dealkylation sites (tertiary alicyclic amines) is 1. The number of nitrogens with zero attached hydrogens (tertiary/aromatic N) is 4. The molecule has 1 saturated carbocycles. The van der Waals surface area contributed by atoms with Crippen molar-refractivity contribution in [1.82, 2.24) is 15.1 Å². The lowest BCUT2D eigenvalue weighted by molar-refractivity contribution is -0.140. The summed E-state index contributed by atoms with van der Waals surface area (Å²) in [5.74, 6) is 0.0975. The molecule has 154 valence electrons. The van der Waals surface area contributed by atoms with Crippen molar-refractivity contribution in [2.45, 2.75) is 44.6 Å². The van der Waals surface area contributed by atoms with Crippen LogP contribution in [0.4, 0.5) is 10.8 Å². The molecule has 1 atom stereocenters. The molecule has 7 nitrogen and oxygen atoms in total. The Balaban J connectivity index is 1.41. The molecule has 0 bridgehead atoms. The number of carbonyl (C=O) groups is 2. The van der Waals surface area contributed by atoms with Gasteiger partial charge in [0, 0.05) is 37.8 Å². The maximum Gasteiger partial charge on any atom is 0.249 e. The first-order chi connectivity index (χ1) is 14.0. The van der Waals surface area contributed by atoms with Gasteiger partial charge in [0.15, 0.2) is 0 Å². The number of benzene rings is 1. The van der Waals surface area contributed by atoms with Crippen LogP contribution in [0, 0.1) is 5.92 Å². The van der Waals surface area contributed by atoms with E-state index in [-0.39, 0.29) is 17.7 Å². The Labute approximate surface area is 175 Å². The first-order valence-electron chi connectivity index (χ1n) is 10.3. The van der Waals surface area contributed by atoms with Crippen molar-refractivity contribution >= 4 is 34.0 Å². The highest BCUT2D eigenvalue weighted by Gasteiger charge is 2.38. The van der Waals surface area contributed by atoms with Gasteiger partial charge in [-0.15, -0.1) is 10.2 Å². The summed E-state index contributed by atoms with van der Waals surface area (Å²) in [5, 5.41) is 12.5. The highest BCUT2D eigenvalue weighted by atomic mass is 32.1. The van der Waals surface area contributed by atoms with Crippen molar-refractivity contribution < 1.29 is 9.59 Å². The summed E-state index contributed by atoms with van der Waals surface area (Å²) >= 11 is 1.35. The zero-order chi connectivity index (χ0) is 20.4. The van der Waals surface area contributed by atoms with Gasteiger partial charge in [-0.3, -0.25) is 14.9 Å². The zero-order valence-corrected chi connectivity index (χ0v) is 17.7. The van der Waals surface area contributed by atoms with Crippen LogP contribution in [0.1, 0.15) is 38.5 Å². The Morgan fingerprint density at radius 1 is 1.07 bits per heavy atom. The van der Waals surface area contributed by atoms with Crippen molar-refractivity contribution in [2.75, 3.05) is 30.9 Å². The molecule has 0 radical (unpaired) electrons. The number of hydrogen-bond acceptors (Lipinski definition) is 6. The second-order valence-electron chi connectivity index (χ2n) is 8.01. The third-order valence-electron chi connectivity index (χ3n) is 5.83. The molecule has 29 heavy (non-hydrogen) atoms. The van der Waals surface area contributed by atoms with Crippen LogP contribution in [0.5, 0.6) is 0 Å². The van der Waals surface area contributed by atoms with Crippen LogP contribution in [0.3, 0.4) is 0 Å². The third kappa shape index (κ3) is 4.27. The molecule has 2 amide bonds. The Hall–Kier alpha value is -2.48. The quantitative estimate of drug-likeness (QED) is 0.813. The van der Waals surface area contributed by atoms with Crippen molar-refractivity contribution in [3.05, 3.63) is 24.3 Å². The van der Waals surface area contributed by atoms with Crippen molar-refractivity contribution in [3.8, 4) is 10.6 Å². The first kappa shape index (κ1) is 19.8. The van der Waals surface area contributed by atoms with E-state index in [4.69, 9.17) is 0 Å². The van der Waals surface area contributed by atoms with Crippen LogP contribution in [0.25, 0.3) is 10.6 Å². The monoisotopic (exact) mass is 413 g/mol. The Morgan fingerprint density at radius 2 is 1.79 bits per heavy atom. The molecule has 8 heteroatoms. The fourth-order valence-electron chi connectivity index (χ4n) is 4.19. The van der Waals surface area contributed by atoms with E-state index in [2.05, 4.69) is 15.5 Å². The molecule has 0 unspecified atom stereocenters. The highest BCUT2D eigenvalue weighted by molar-refractivity contribution is 7.18. The minimum Gasteiger partial charge on any atom is -0.378 e. The molecule has 2 aliphatic rings. The van der Waals surface area contributed by atoms with Gasteiger partial charge < -0.3 is 9.80 Å². The number of hydrogen-bond donors (Lipinski definition) is 1. The summed E-state index contributed by atoms with van der Waals surface area (Å²) in [6, 6.07) is 7.66. The average molecular weight is 414 g/mol. The molecule has 2 heterocycles. The van der Waals surface area contributed by atoms with E-state index in [0.29, 0.717) is 18.1 Å². The number of amides is 2. The van der Waals surface area contributed by atoms with Crippen molar-refractivity contribution in [2.24, 2.45) is 5.92 Å². The van der Waals surface area contributed by atoms with E-state index in [0.717, 1.165) is 48.4 Å². The molecule has 1 aliphatic carbocycles. The van der Waals surface area contributed by atoms with Crippen LogP contribution >= 0.6 is 11.3 Å². The van der Waals surface area contributed by atoms with Crippen LogP contribution in [-0.4, -0.2) is 53.6 Å². The van der Waals surface area contributed by atoms with Gasteiger partial charge in [-0.1, -0.05) is 24.2 Å². The molecular weight excluding hydrogens is 386 g/mol. The van der Waals surface area contributed by atoms with Gasteiger partial charge in [0.2, 0.25) is 16.9 Å². The maximum absolute atomic E-state index is 12.8. The topological polar surface area (TPSA) is 78.4 Å². The second-order valence-corrected chi connectivity index (χ2v) is 8.99. The predicted octanol–water partition coefficient (Wildman–Crippen LogP) is 3.39. The summed E-state index contributed by atoms with van der Waals surface area (Å²) in [4.78, 5) is 29.5. The summed E-state index contributed by atoms with van der Waals surface area (Å²) in [5.41, 5.74) is 2.08. The van der Waals surface area contributed by atoms with Gasteiger partial charge in [0.25, 0.3) is 0 Å². The number of carbonyl (C=O) groups excluding carboxylic acids is 2. The van der Waals surface area contributed by atoms with Gasteiger partial charge in [0.05, 0.1) is 0 Å². The Bertz CT molecular complexity index is 873. The summed E-state index contributed by atoms with van der Waals surface area (Å²) < 4.78 is 0. The largest absolute Gasteiger partial charge is 0.378 e. The fourth-order valence-corrected chi connectivity index (χ4v) is 4.94. The van der Waals surface area contributed by atoms with E-state index in [1.54, 1.807) is 4.90 Å². The van der Waals surface area contributed by atoms with E-state index < -0.39 is 6.04 Å². The summed E-state index contributed by atoms with van der Waals surface area (Å²) in [6.07, 6.45) is 5.72. The smallest absolute Gasteiger partial charge is 0.249 e. The van der Waals surface area contributed by atoms with Gasteiger partial charge in [-0.25, -0.2) is 0 Å². The van der Waals surface area contributed by atoms with Gasteiger partial charge in [0.1, 0.15) is 11.0 Å². The maximum atomic E-state index is 12.8. The molecular formula is C21H27N5O2S. The molecule has 1 aromatic carbocycles. The molecule has 2 fully saturated rings. The zero-order valence-electron chi connectivity index (χ0n) is 16.9. The molecule has 4 rings (SSSR count). The Morgan fingerprint density at radius 3 is 2.48 bits per heavy atom. The van der Waals surface area contributed by atoms with E-state index in [9.17, 15) is 9.59 Å². The standard InChI is InChI=1S/C21H27N5O2S/c1-25(2)16-11-9-14(10-12-16)19-23-24-21(29-19)22-18(27)17-8-5-13-26(17)20(28)15-6-3-4-7-15/h9-12,15,17H,3-8,13H2,1-2H3,(H,22,24,27)/t17-/m0/s1. The van der Waals surface area contributed by atoms with E-state index in [1.807, 2.05) is 43.3 Å². The minimum absolute atomic E-state index is 0.0988. The van der Waals surface area contributed by atoms with Crippen LogP contribution in [0.2, 0.25) is 0 Å². The molecule has 0 spiro atoms. The van der Waals surface area contributed by atoms with Gasteiger partial charge in [-0.05, 0) is 49.9 Å². The van der Waals surface area contributed by atoms with Crippen LogP contribution in [-0.2, 0) is 9.59 Å². The van der Waals surface area contributed by atoms with Crippen LogP contribution in [0.15, 0.2) is 24.3 Å². The number of nitrogens with one attached hydrogen (secondary N) is 1. The number of rotatable bonds is 5. The number of anilines is 2. The highest BCUT2D eigenvalue weighted by Crippen LogP contribution is 2.31. The predicted molar refractivity (Wildman–Crippen MR) is 115 cm³/mol. The normalized spacial score (nSPS) is 19.5. The fraction of sp³-hybridized carbons (Fsp3) is 0.524. The van der Waals surface area contributed by atoms with Crippen molar-refractivity contribution in [1.29, 1.82) is 0 Å². The van der Waals surface area contributed by atoms with E-state index in [1.165, 1.54) is 11.3 Å². The summed E-state index contributed by atoms with van der Waals surface area (Å²) in [6.45, 7) is 0.674. The van der Waals surface area contributed by atoms with Gasteiger partial charge in [-0.2, -0.15) is 0 Å². The molecule has 1 saturated heterocycles. The first-order valence-corrected chi connectivity index (χ1v) is 11.1. The molecule has 2 aromatic rings. The lowest BCUT2D eigenvalue weighted by Crippen LogP contribution is -2.45. The third-order valence-corrected chi connectivity index (χ3v) is 6.72. The lowest BCUT2D eigenvalue weighted by Gasteiger charge is -2.26. The average Bonchev–Trinajstić information content (AvgIpc) is 3.48. The number of aromatic nitrogens is 2. The lowest BCUT2D eigenvalue weighted by atomic mass is 10.1. The minimum atomic E-state index is -0.394. The molecule has 1 aromatic heterocycles. The SMILES string of the molecule is CN(C)c1ccc(-c2nnc(NC(=O)[C@@H]3CCCN3C(=O)C3CCCC3)s2)cc1. The second kappa shape index (κ2) is 8.49. The van der Waals surface area contributed by atoms with E-state index >= 15 is 0 Å². The molecule has 1 N–H and O–H groups in total.